The summed E-state index contributed by atoms with van der Waals surface area (Å²) in [6.45, 7) is 2.83. The Hall–Kier alpha value is -2.87. The van der Waals surface area contributed by atoms with Crippen LogP contribution in [0.15, 0.2) is 82.3 Å². The predicted molar refractivity (Wildman–Crippen MR) is 149 cm³/mol. The number of carbonyl (C=O) groups is 1. The van der Waals surface area contributed by atoms with Gasteiger partial charge in [-0.25, -0.2) is 4.99 Å². The van der Waals surface area contributed by atoms with Gasteiger partial charge in [0, 0.05) is 41.1 Å². The number of benzene rings is 3. The molecule has 8 heteroatoms. The van der Waals surface area contributed by atoms with Crippen LogP contribution in [0.1, 0.15) is 30.0 Å². The van der Waals surface area contributed by atoms with Crippen LogP contribution in [0.2, 0.25) is 5.02 Å². The average molecular weight is 586 g/mol. The highest BCUT2D eigenvalue weighted by Gasteiger charge is 2.50. The van der Waals surface area contributed by atoms with Crippen LogP contribution in [0.25, 0.3) is 0 Å². The van der Waals surface area contributed by atoms with Crippen LogP contribution >= 0.6 is 27.5 Å². The number of aliphatic imine (C=N–C) groups is 1. The summed E-state index contributed by atoms with van der Waals surface area (Å²) < 4.78 is 12.7. The summed E-state index contributed by atoms with van der Waals surface area (Å²) in [6, 6.07) is 22.9. The lowest BCUT2D eigenvalue weighted by Crippen LogP contribution is -2.53. The Morgan fingerprint density at radius 2 is 1.81 bits per heavy atom. The van der Waals surface area contributed by atoms with Gasteiger partial charge in [-0.05, 0) is 60.9 Å². The Morgan fingerprint density at radius 3 is 2.51 bits per heavy atom. The maximum absolute atomic E-state index is 13.8. The Bertz CT molecular complexity index is 1250. The van der Waals surface area contributed by atoms with E-state index in [9.17, 15) is 4.79 Å². The molecule has 1 heterocycles. The summed E-state index contributed by atoms with van der Waals surface area (Å²) in [5.41, 5.74) is 1.57. The Kier molecular flexibility index (Phi) is 9.24. The molecule has 2 atom stereocenters. The van der Waals surface area contributed by atoms with E-state index < -0.39 is 11.6 Å². The normalized spacial score (nSPS) is 18.7. The van der Waals surface area contributed by atoms with Crippen molar-refractivity contribution in [1.29, 1.82) is 0 Å². The summed E-state index contributed by atoms with van der Waals surface area (Å²) in [7, 11) is 0. The molecule has 0 fully saturated rings. The SMILES string of the molecule is C[C@H]1OC(c2ccc(OCCCO)cc2)=N[C@@]1(Cc1ccccc1Br)C(=O)NCCc1ccccc1Cl. The van der Waals surface area contributed by atoms with Gasteiger partial charge < -0.3 is 19.9 Å². The van der Waals surface area contributed by atoms with Gasteiger partial charge >= 0.3 is 0 Å². The number of halogens is 2. The first-order valence-electron chi connectivity index (χ1n) is 12.3. The number of aliphatic hydroxyl groups is 1. The molecular weight excluding hydrogens is 556 g/mol. The van der Waals surface area contributed by atoms with E-state index in [4.69, 9.17) is 31.2 Å². The molecule has 0 unspecified atom stereocenters. The highest BCUT2D eigenvalue weighted by molar-refractivity contribution is 9.10. The molecule has 194 valence electrons. The predicted octanol–water partition coefficient (Wildman–Crippen LogP) is 5.37. The summed E-state index contributed by atoms with van der Waals surface area (Å²) >= 11 is 9.91. The largest absolute Gasteiger partial charge is 0.494 e. The van der Waals surface area contributed by atoms with Gasteiger partial charge in [-0.2, -0.15) is 0 Å². The van der Waals surface area contributed by atoms with Crippen LogP contribution < -0.4 is 10.1 Å². The Morgan fingerprint density at radius 1 is 1.11 bits per heavy atom. The first-order chi connectivity index (χ1) is 17.9. The molecule has 0 bridgehead atoms. The molecule has 0 aromatic heterocycles. The van der Waals surface area contributed by atoms with Crippen molar-refractivity contribution in [2.45, 2.75) is 37.8 Å². The lowest BCUT2D eigenvalue weighted by molar-refractivity contribution is -0.128. The van der Waals surface area contributed by atoms with Gasteiger partial charge in [0.2, 0.25) is 5.90 Å². The highest BCUT2D eigenvalue weighted by Crippen LogP contribution is 2.34. The van der Waals surface area contributed by atoms with Crippen molar-refractivity contribution in [3.05, 3.63) is 99.0 Å². The van der Waals surface area contributed by atoms with Crippen molar-refractivity contribution in [3.63, 3.8) is 0 Å². The van der Waals surface area contributed by atoms with Gasteiger partial charge in [0.25, 0.3) is 5.91 Å². The van der Waals surface area contributed by atoms with E-state index in [1.807, 2.05) is 79.7 Å². The van der Waals surface area contributed by atoms with Crippen molar-refractivity contribution in [2.24, 2.45) is 4.99 Å². The van der Waals surface area contributed by atoms with Crippen molar-refractivity contribution >= 4 is 39.3 Å². The maximum atomic E-state index is 13.8. The molecule has 2 N–H and O–H groups in total. The summed E-state index contributed by atoms with van der Waals surface area (Å²) in [4.78, 5) is 18.7. The fourth-order valence-electron chi connectivity index (χ4n) is 4.24. The standard InChI is InChI=1S/C29H30BrClN2O4/c1-20-29(19-23-8-2-4-9-25(23)30,28(35)32-16-15-21-7-3-5-10-26(21)31)33-27(37-20)22-11-13-24(14-12-22)36-18-6-17-34/h2-5,7-14,20,34H,6,15-19H2,1H3,(H,32,35)/t20-,29-/m1/s1. The number of ether oxygens (including phenoxy) is 2. The monoisotopic (exact) mass is 584 g/mol. The number of hydrogen-bond donors (Lipinski definition) is 2. The van der Waals surface area contributed by atoms with Gasteiger partial charge in [-0.15, -0.1) is 0 Å². The van der Waals surface area contributed by atoms with Gasteiger partial charge in [-0.1, -0.05) is 63.9 Å². The zero-order chi connectivity index (χ0) is 26.3. The quantitative estimate of drug-likeness (QED) is 0.297. The Labute approximate surface area is 230 Å². The van der Waals surface area contributed by atoms with Gasteiger partial charge in [0.1, 0.15) is 11.9 Å². The van der Waals surface area contributed by atoms with E-state index >= 15 is 0 Å². The Balaban J connectivity index is 1.57. The van der Waals surface area contributed by atoms with E-state index in [1.165, 1.54) is 0 Å². The van der Waals surface area contributed by atoms with E-state index in [1.54, 1.807) is 0 Å². The number of amides is 1. The second kappa shape index (κ2) is 12.6. The van der Waals surface area contributed by atoms with Gasteiger partial charge in [-0.3, -0.25) is 4.79 Å². The van der Waals surface area contributed by atoms with Crippen molar-refractivity contribution in [1.82, 2.24) is 5.32 Å². The molecule has 6 nitrogen and oxygen atoms in total. The number of aliphatic hydroxyl groups excluding tert-OH is 1. The first-order valence-corrected chi connectivity index (χ1v) is 13.5. The number of rotatable bonds is 11. The van der Waals surface area contributed by atoms with Crippen LogP contribution in [0.3, 0.4) is 0 Å². The minimum Gasteiger partial charge on any atom is -0.494 e. The molecule has 0 radical (unpaired) electrons. The fraction of sp³-hybridized carbons (Fsp3) is 0.310. The minimum absolute atomic E-state index is 0.0840. The lowest BCUT2D eigenvalue weighted by Gasteiger charge is -2.28. The highest BCUT2D eigenvalue weighted by atomic mass is 79.9. The number of carbonyl (C=O) groups excluding carboxylic acids is 1. The molecule has 1 amide bonds. The molecule has 0 spiro atoms. The molecule has 0 saturated carbocycles. The minimum atomic E-state index is -1.14. The van der Waals surface area contributed by atoms with Crippen LogP contribution in [-0.4, -0.2) is 48.3 Å². The van der Waals surface area contributed by atoms with E-state index in [-0.39, 0.29) is 12.5 Å². The molecular formula is C29H30BrClN2O4. The van der Waals surface area contributed by atoms with Crippen LogP contribution in [0, 0.1) is 0 Å². The second-order valence-corrected chi connectivity index (χ2v) is 10.2. The molecule has 4 rings (SSSR count). The van der Waals surface area contributed by atoms with Gasteiger partial charge in [0.05, 0.1) is 6.61 Å². The lowest BCUT2D eigenvalue weighted by atomic mass is 9.86. The second-order valence-electron chi connectivity index (χ2n) is 8.92. The zero-order valence-electron chi connectivity index (χ0n) is 20.6. The maximum Gasteiger partial charge on any atom is 0.252 e. The molecule has 3 aromatic carbocycles. The summed E-state index contributed by atoms with van der Waals surface area (Å²) in [5, 5.41) is 12.7. The van der Waals surface area contributed by atoms with Crippen LogP contribution in [0.4, 0.5) is 0 Å². The topological polar surface area (TPSA) is 80.2 Å². The summed E-state index contributed by atoms with van der Waals surface area (Å²) in [6.07, 6.45) is 1.06. The summed E-state index contributed by atoms with van der Waals surface area (Å²) in [5.74, 6) is 0.921. The molecule has 0 saturated heterocycles. The van der Waals surface area contributed by atoms with E-state index in [0.717, 1.165) is 21.2 Å². The third kappa shape index (κ3) is 6.53. The van der Waals surface area contributed by atoms with Crippen molar-refractivity contribution in [2.75, 3.05) is 19.8 Å². The third-order valence-electron chi connectivity index (χ3n) is 6.38. The van der Waals surface area contributed by atoms with Crippen molar-refractivity contribution in [3.8, 4) is 5.75 Å². The fourth-order valence-corrected chi connectivity index (χ4v) is 4.90. The van der Waals surface area contributed by atoms with E-state index in [2.05, 4.69) is 21.2 Å². The number of nitrogens with zero attached hydrogens (tertiary/aromatic N) is 1. The number of hydrogen-bond acceptors (Lipinski definition) is 5. The molecule has 37 heavy (non-hydrogen) atoms. The zero-order valence-corrected chi connectivity index (χ0v) is 23.0. The molecule has 3 aromatic rings. The van der Waals surface area contributed by atoms with Gasteiger partial charge in [0.15, 0.2) is 5.54 Å². The van der Waals surface area contributed by atoms with Crippen LogP contribution in [-0.2, 0) is 22.4 Å². The molecule has 0 aliphatic carbocycles. The third-order valence-corrected chi connectivity index (χ3v) is 7.53. The average Bonchev–Trinajstić information content (AvgIpc) is 3.24. The molecule has 1 aliphatic rings. The molecule has 1 aliphatic heterocycles. The smallest absolute Gasteiger partial charge is 0.252 e. The van der Waals surface area contributed by atoms with Crippen LogP contribution in [0.5, 0.6) is 5.75 Å². The van der Waals surface area contributed by atoms with Crippen molar-refractivity contribution < 1.29 is 19.4 Å². The van der Waals surface area contributed by atoms with E-state index in [0.29, 0.717) is 49.1 Å². The first kappa shape index (κ1) is 27.2. The number of nitrogens with one attached hydrogen (secondary N) is 1.